The van der Waals surface area contributed by atoms with Crippen molar-refractivity contribution < 1.29 is 9.18 Å². The summed E-state index contributed by atoms with van der Waals surface area (Å²) in [5.41, 5.74) is 1.11. The average Bonchev–Trinajstić information content (AvgIpc) is 2.73. The van der Waals surface area contributed by atoms with Crippen LogP contribution in [-0.2, 0) is 7.05 Å². The zero-order chi connectivity index (χ0) is 15.9. The van der Waals surface area contributed by atoms with Gasteiger partial charge in [-0.1, -0.05) is 34.5 Å². The molecule has 0 N–H and O–H groups in total. The Balaban J connectivity index is 2.11. The van der Waals surface area contributed by atoms with Gasteiger partial charge in [0.25, 0.3) is 5.91 Å². The molecule has 3 rings (SSSR count). The lowest BCUT2D eigenvalue weighted by molar-refractivity contribution is 0.0998. The van der Waals surface area contributed by atoms with E-state index in [0.29, 0.717) is 20.4 Å². The number of hydrogen-bond acceptors (Lipinski definition) is 2. The minimum absolute atomic E-state index is 0.307. The number of amides is 1. The Hall–Kier alpha value is -1.69. The lowest BCUT2D eigenvalue weighted by atomic mass is 10.2. The molecule has 2 aromatic carbocycles. The molecule has 0 aliphatic heterocycles. The van der Waals surface area contributed by atoms with Gasteiger partial charge in [0.15, 0.2) is 4.80 Å². The number of fused-ring (bicyclic) bond motifs is 1. The van der Waals surface area contributed by atoms with Crippen molar-refractivity contribution in [2.75, 3.05) is 0 Å². The minimum atomic E-state index is -0.452. The Morgan fingerprint density at radius 3 is 2.55 bits per heavy atom. The Kier molecular flexibility index (Phi) is 4.04. The Morgan fingerprint density at radius 1 is 1.18 bits per heavy atom. The number of aryl methyl sites for hydroxylation is 1. The normalized spacial score (nSPS) is 12.1. The summed E-state index contributed by atoms with van der Waals surface area (Å²) in [6, 6.07) is 9.00. The summed E-state index contributed by atoms with van der Waals surface area (Å²) in [4.78, 5) is 16.8. The van der Waals surface area contributed by atoms with E-state index in [0.717, 1.165) is 10.2 Å². The fourth-order valence-corrected chi connectivity index (χ4v) is 3.61. The maximum atomic E-state index is 13.3. The van der Waals surface area contributed by atoms with Crippen molar-refractivity contribution in [1.29, 1.82) is 0 Å². The van der Waals surface area contributed by atoms with Crippen LogP contribution in [0.2, 0.25) is 10.0 Å². The smallest absolute Gasteiger partial charge is 0.279 e. The first kappa shape index (κ1) is 15.2. The molecule has 0 fully saturated rings. The molecule has 22 heavy (non-hydrogen) atoms. The molecule has 3 aromatic rings. The average molecular weight is 355 g/mol. The molecule has 0 radical (unpaired) electrons. The van der Waals surface area contributed by atoms with E-state index in [-0.39, 0.29) is 5.82 Å². The maximum absolute atomic E-state index is 13.3. The van der Waals surface area contributed by atoms with Gasteiger partial charge in [-0.3, -0.25) is 4.79 Å². The molecule has 1 amide bonds. The zero-order valence-corrected chi connectivity index (χ0v) is 13.6. The van der Waals surface area contributed by atoms with Crippen LogP contribution in [0, 0.1) is 5.82 Å². The van der Waals surface area contributed by atoms with Crippen molar-refractivity contribution in [3.05, 3.63) is 62.6 Å². The molecule has 1 heterocycles. The molecular weight excluding hydrogens is 346 g/mol. The number of carbonyl (C=O) groups excluding carboxylic acids is 1. The van der Waals surface area contributed by atoms with Gasteiger partial charge in [0, 0.05) is 22.7 Å². The van der Waals surface area contributed by atoms with E-state index in [2.05, 4.69) is 4.99 Å². The first-order chi connectivity index (χ1) is 10.4. The summed E-state index contributed by atoms with van der Waals surface area (Å²) in [6.45, 7) is 0. The molecule has 0 atom stereocenters. The molecule has 1 aromatic heterocycles. The number of nitrogens with zero attached hydrogens (tertiary/aromatic N) is 2. The van der Waals surface area contributed by atoms with Gasteiger partial charge in [0.2, 0.25) is 0 Å². The Bertz CT molecular complexity index is 942. The first-order valence-electron chi connectivity index (χ1n) is 6.24. The highest BCUT2D eigenvalue weighted by molar-refractivity contribution is 7.16. The quantitative estimate of drug-likeness (QED) is 0.636. The summed E-state index contributed by atoms with van der Waals surface area (Å²) in [5.74, 6) is -0.777. The van der Waals surface area contributed by atoms with Gasteiger partial charge < -0.3 is 4.57 Å². The summed E-state index contributed by atoms with van der Waals surface area (Å²) in [6.07, 6.45) is 0. The van der Waals surface area contributed by atoms with E-state index in [9.17, 15) is 9.18 Å². The maximum Gasteiger partial charge on any atom is 0.279 e. The number of aromatic nitrogens is 1. The van der Waals surface area contributed by atoms with Crippen LogP contribution in [0.4, 0.5) is 4.39 Å². The van der Waals surface area contributed by atoms with Crippen LogP contribution in [0.1, 0.15) is 10.4 Å². The fraction of sp³-hybridized carbons (Fsp3) is 0.0667. The van der Waals surface area contributed by atoms with Crippen LogP contribution in [0.15, 0.2) is 41.4 Å². The van der Waals surface area contributed by atoms with E-state index < -0.39 is 5.91 Å². The standard InChI is InChI=1S/C15H9Cl2FN2OS/c1-20-12-3-2-11(18)7-13(12)22-15(20)19-14(21)8-4-9(16)6-10(17)5-8/h2-7H,1H3. The van der Waals surface area contributed by atoms with Crippen molar-refractivity contribution in [3.8, 4) is 0 Å². The highest BCUT2D eigenvalue weighted by Gasteiger charge is 2.09. The molecule has 112 valence electrons. The molecule has 0 unspecified atom stereocenters. The highest BCUT2D eigenvalue weighted by Crippen LogP contribution is 2.20. The predicted molar refractivity (Wildman–Crippen MR) is 87.1 cm³/mol. The summed E-state index contributed by atoms with van der Waals surface area (Å²) in [5, 5.41) is 0.739. The molecule has 0 aliphatic carbocycles. The lowest BCUT2D eigenvalue weighted by Crippen LogP contribution is -2.13. The van der Waals surface area contributed by atoms with Crippen LogP contribution in [0.3, 0.4) is 0 Å². The van der Waals surface area contributed by atoms with Gasteiger partial charge >= 0.3 is 0 Å². The van der Waals surface area contributed by atoms with Gasteiger partial charge in [0.05, 0.1) is 10.2 Å². The van der Waals surface area contributed by atoms with Gasteiger partial charge in [-0.15, -0.1) is 0 Å². The number of carbonyl (C=O) groups is 1. The van der Waals surface area contributed by atoms with Crippen LogP contribution >= 0.6 is 34.5 Å². The molecule has 0 saturated heterocycles. The van der Waals surface area contributed by atoms with Crippen molar-refractivity contribution in [1.82, 2.24) is 4.57 Å². The Labute approximate surface area is 139 Å². The van der Waals surface area contributed by atoms with E-state index in [1.165, 1.54) is 35.6 Å². The number of thiazole rings is 1. The van der Waals surface area contributed by atoms with Crippen molar-refractivity contribution in [2.45, 2.75) is 0 Å². The number of benzene rings is 2. The van der Waals surface area contributed by atoms with E-state index in [1.807, 2.05) is 0 Å². The summed E-state index contributed by atoms with van der Waals surface area (Å²) in [7, 11) is 1.77. The molecule has 0 aliphatic rings. The van der Waals surface area contributed by atoms with Crippen molar-refractivity contribution in [3.63, 3.8) is 0 Å². The number of halogens is 3. The number of hydrogen-bond donors (Lipinski definition) is 0. The second kappa shape index (κ2) is 5.83. The van der Waals surface area contributed by atoms with Gasteiger partial charge in [-0.25, -0.2) is 4.39 Å². The van der Waals surface area contributed by atoms with Crippen LogP contribution < -0.4 is 4.80 Å². The predicted octanol–water partition coefficient (Wildman–Crippen LogP) is 4.43. The Morgan fingerprint density at radius 2 is 1.86 bits per heavy atom. The van der Waals surface area contributed by atoms with Crippen molar-refractivity contribution >= 4 is 50.7 Å². The molecular formula is C15H9Cl2FN2OS. The van der Waals surface area contributed by atoms with Crippen LogP contribution in [0.25, 0.3) is 10.2 Å². The largest absolute Gasteiger partial charge is 0.319 e. The third-order valence-electron chi connectivity index (χ3n) is 3.08. The molecule has 7 heteroatoms. The number of rotatable bonds is 1. The second-order valence-electron chi connectivity index (χ2n) is 4.63. The van der Waals surface area contributed by atoms with E-state index >= 15 is 0 Å². The molecule has 3 nitrogen and oxygen atoms in total. The van der Waals surface area contributed by atoms with Gasteiger partial charge in [-0.2, -0.15) is 4.99 Å². The van der Waals surface area contributed by atoms with Crippen LogP contribution in [-0.4, -0.2) is 10.5 Å². The molecule has 0 bridgehead atoms. The van der Waals surface area contributed by atoms with Crippen LogP contribution in [0.5, 0.6) is 0 Å². The van der Waals surface area contributed by atoms with Gasteiger partial charge in [-0.05, 0) is 36.4 Å². The monoisotopic (exact) mass is 354 g/mol. The summed E-state index contributed by atoms with van der Waals surface area (Å²) < 4.78 is 15.7. The van der Waals surface area contributed by atoms with E-state index in [4.69, 9.17) is 23.2 Å². The molecule has 0 spiro atoms. The molecule has 0 saturated carbocycles. The third-order valence-corrected chi connectivity index (χ3v) is 4.61. The van der Waals surface area contributed by atoms with E-state index in [1.54, 1.807) is 23.7 Å². The highest BCUT2D eigenvalue weighted by atomic mass is 35.5. The third kappa shape index (κ3) is 2.92. The van der Waals surface area contributed by atoms with Crippen molar-refractivity contribution in [2.24, 2.45) is 12.0 Å². The minimum Gasteiger partial charge on any atom is -0.319 e. The topological polar surface area (TPSA) is 34.4 Å². The van der Waals surface area contributed by atoms with Gasteiger partial charge in [0.1, 0.15) is 5.82 Å². The SMILES string of the molecule is Cn1c(=NC(=O)c2cc(Cl)cc(Cl)c2)sc2cc(F)ccc21. The lowest BCUT2D eigenvalue weighted by Gasteiger charge is -1.98. The zero-order valence-electron chi connectivity index (χ0n) is 11.3. The fourth-order valence-electron chi connectivity index (χ4n) is 2.04. The summed E-state index contributed by atoms with van der Waals surface area (Å²) >= 11 is 13.0. The first-order valence-corrected chi connectivity index (χ1v) is 7.81. The second-order valence-corrected chi connectivity index (χ2v) is 6.51.